The normalized spacial score (nSPS) is 44.0. The lowest BCUT2D eigenvalue weighted by Gasteiger charge is -2.21. The zero-order valence-electron chi connectivity index (χ0n) is 8.05. The Bertz CT molecular complexity index is 156. The molecule has 2 heteroatoms. The molecule has 0 radical (unpaired) electrons. The molecule has 0 aromatic heterocycles. The van der Waals surface area contributed by atoms with Crippen molar-refractivity contribution in [3.8, 4) is 0 Å². The van der Waals surface area contributed by atoms with E-state index >= 15 is 0 Å². The second-order valence-electron chi connectivity index (χ2n) is 4.42. The quantitative estimate of drug-likeness (QED) is 0.671. The summed E-state index contributed by atoms with van der Waals surface area (Å²) in [6.07, 6.45) is 2.94. The van der Waals surface area contributed by atoms with Crippen LogP contribution in [-0.2, 0) is 0 Å². The molecule has 3 atom stereocenters. The van der Waals surface area contributed by atoms with Gasteiger partial charge in [0.2, 0.25) is 0 Å². The smallest absolute Gasteiger partial charge is 0.0212 e. The second-order valence-corrected chi connectivity index (χ2v) is 5.83. The maximum Gasteiger partial charge on any atom is 0.0212 e. The lowest BCUT2D eigenvalue weighted by Crippen LogP contribution is -2.38. The van der Waals surface area contributed by atoms with E-state index in [4.69, 9.17) is 0 Å². The first kappa shape index (κ1) is 8.89. The highest BCUT2D eigenvalue weighted by Crippen LogP contribution is 2.38. The van der Waals surface area contributed by atoms with Crippen molar-refractivity contribution in [3.63, 3.8) is 0 Å². The molecule has 1 saturated heterocycles. The molecular weight excluding hydrogens is 166 g/mol. The van der Waals surface area contributed by atoms with E-state index in [2.05, 4.69) is 30.9 Å². The van der Waals surface area contributed by atoms with Crippen molar-refractivity contribution < 1.29 is 0 Å². The maximum atomic E-state index is 3.72. The molecule has 1 aliphatic heterocycles. The molecular formula is C10H19NS. The highest BCUT2D eigenvalue weighted by Gasteiger charge is 2.36. The number of rotatable bonds is 1. The van der Waals surface area contributed by atoms with Crippen LogP contribution in [0.2, 0.25) is 0 Å². The monoisotopic (exact) mass is 185 g/mol. The van der Waals surface area contributed by atoms with Crippen LogP contribution in [0.5, 0.6) is 0 Å². The Morgan fingerprint density at radius 3 is 2.67 bits per heavy atom. The van der Waals surface area contributed by atoms with Crippen molar-refractivity contribution in [1.82, 2.24) is 5.32 Å². The average molecular weight is 185 g/mol. The summed E-state index contributed by atoms with van der Waals surface area (Å²) in [6.45, 7) is 5.97. The van der Waals surface area contributed by atoms with Crippen LogP contribution in [-0.4, -0.2) is 23.6 Å². The first-order valence-electron chi connectivity index (χ1n) is 5.12. The van der Waals surface area contributed by atoms with Gasteiger partial charge < -0.3 is 5.32 Å². The van der Waals surface area contributed by atoms with Crippen molar-refractivity contribution in [3.05, 3.63) is 0 Å². The van der Waals surface area contributed by atoms with Gasteiger partial charge in [-0.15, -0.1) is 0 Å². The van der Waals surface area contributed by atoms with E-state index in [0.29, 0.717) is 0 Å². The molecule has 1 N–H and O–H groups in total. The van der Waals surface area contributed by atoms with E-state index in [1.807, 2.05) is 0 Å². The van der Waals surface area contributed by atoms with E-state index in [0.717, 1.165) is 23.1 Å². The predicted molar refractivity (Wildman–Crippen MR) is 55.6 cm³/mol. The summed E-state index contributed by atoms with van der Waals surface area (Å²) < 4.78 is 0. The number of nitrogens with one attached hydrogen (secondary N) is 1. The van der Waals surface area contributed by atoms with Crippen LogP contribution in [0, 0.1) is 11.8 Å². The van der Waals surface area contributed by atoms with Gasteiger partial charge in [0.05, 0.1) is 0 Å². The molecule has 0 aromatic rings. The first-order chi connectivity index (χ1) is 5.77. The van der Waals surface area contributed by atoms with Gasteiger partial charge in [-0.05, 0) is 37.0 Å². The molecule has 1 nitrogen and oxygen atoms in total. The zero-order valence-corrected chi connectivity index (χ0v) is 8.86. The van der Waals surface area contributed by atoms with Crippen LogP contribution in [0.1, 0.15) is 26.7 Å². The Labute approximate surface area is 79.7 Å². The van der Waals surface area contributed by atoms with Gasteiger partial charge in [-0.2, -0.15) is 11.8 Å². The predicted octanol–water partition coefficient (Wildman–Crippen LogP) is 2.13. The van der Waals surface area contributed by atoms with E-state index in [9.17, 15) is 0 Å². The van der Waals surface area contributed by atoms with Gasteiger partial charge in [0.15, 0.2) is 0 Å². The SMILES string of the molecule is CC1CNC(C2CC2)C(C)SC1. The van der Waals surface area contributed by atoms with Crippen LogP contribution in [0.25, 0.3) is 0 Å². The van der Waals surface area contributed by atoms with Gasteiger partial charge >= 0.3 is 0 Å². The molecule has 0 spiro atoms. The minimum absolute atomic E-state index is 0.819. The van der Waals surface area contributed by atoms with E-state index < -0.39 is 0 Å². The third-order valence-corrected chi connectivity index (χ3v) is 4.56. The molecule has 12 heavy (non-hydrogen) atoms. The lowest BCUT2D eigenvalue weighted by molar-refractivity contribution is 0.438. The van der Waals surface area contributed by atoms with Crippen LogP contribution in [0.4, 0.5) is 0 Å². The molecule has 1 aliphatic carbocycles. The van der Waals surface area contributed by atoms with Crippen LogP contribution in [0.15, 0.2) is 0 Å². The van der Waals surface area contributed by atoms with Crippen molar-refractivity contribution in [2.75, 3.05) is 12.3 Å². The fourth-order valence-corrected chi connectivity index (χ4v) is 3.26. The minimum Gasteiger partial charge on any atom is -0.312 e. The zero-order chi connectivity index (χ0) is 8.55. The summed E-state index contributed by atoms with van der Waals surface area (Å²) in [5.41, 5.74) is 0. The van der Waals surface area contributed by atoms with Gasteiger partial charge in [-0.25, -0.2) is 0 Å². The number of thioether (sulfide) groups is 1. The number of hydrogen-bond donors (Lipinski definition) is 1. The number of hydrogen-bond acceptors (Lipinski definition) is 2. The highest BCUT2D eigenvalue weighted by atomic mass is 32.2. The van der Waals surface area contributed by atoms with Gasteiger partial charge in [0.1, 0.15) is 0 Å². The summed E-state index contributed by atoms with van der Waals surface area (Å²) in [5.74, 6) is 3.22. The molecule has 3 unspecified atom stereocenters. The van der Waals surface area contributed by atoms with E-state index in [1.54, 1.807) is 0 Å². The molecule has 0 bridgehead atoms. The van der Waals surface area contributed by atoms with E-state index in [1.165, 1.54) is 25.1 Å². The highest BCUT2D eigenvalue weighted by molar-refractivity contribution is 7.99. The Balaban J connectivity index is 1.92. The maximum absolute atomic E-state index is 3.72. The largest absolute Gasteiger partial charge is 0.312 e. The molecule has 1 heterocycles. The molecule has 0 amide bonds. The molecule has 2 rings (SSSR count). The summed E-state index contributed by atoms with van der Waals surface area (Å²) in [6, 6.07) is 0.819. The molecule has 0 aromatic carbocycles. The summed E-state index contributed by atoms with van der Waals surface area (Å²) in [5, 5.41) is 4.56. The van der Waals surface area contributed by atoms with Crippen LogP contribution >= 0.6 is 11.8 Å². The average Bonchev–Trinajstić information content (AvgIpc) is 2.82. The lowest BCUT2D eigenvalue weighted by atomic mass is 10.1. The standard InChI is InChI=1S/C10H19NS/c1-7-5-11-10(9-3-4-9)8(2)12-6-7/h7-11H,3-6H2,1-2H3. The van der Waals surface area contributed by atoms with Gasteiger partial charge in [0, 0.05) is 11.3 Å². The third-order valence-electron chi connectivity index (χ3n) is 2.98. The van der Waals surface area contributed by atoms with Crippen molar-refractivity contribution in [2.24, 2.45) is 11.8 Å². The molecule has 2 aliphatic rings. The summed E-state index contributed by atoms with van der Waals surface area (Å²) in [7, 11) is 0. The van der Waals surface area contributed by atoms with E-state index in [-0.39, 0.29) is 0 Å². The van der Waals surface area contributed by atoms with Crippen molar-refractivity contribution in [1.29, 1.82) is 0 Å². The Morgan fingerprint density at radius 2 is 2.00 bits per heavy atom. The minimum atomic E-state index is 0.819. The van der Waals surface area contributed by atoms with Crippen LogP contribution in [0.3, 0.4) is 0 Å². The van der Waals surface area contributed by atoms with Crippen molar-refractivity contribution >= 4 is 11.8 Å². The molecule has 2 fully saturated rings. The summed E-state index contributed by atoms with van der Waals surface area (Å²) in [4.78, 5) is 0. The Morgan fingerprint density at radius 1 is 1.25 bits per heavy atom. The molecule has 70 valence electrons. The van der Waals surface area contributed by atoms with Crippen LogP contribution < -0.4 is 5.32 Å². The second kappa shape index (κ2) is 3.59. The fraction of sp³-hybridized carbons (Fsp3) is 1.00. The van der Waals surface area contributed by atoms with Crippen molar-refractivity contribution in [2.45, 2.75) is 38.0 Å². The topological polar surface area (TPSA) is 12.0 Å². The Kier molecular flexibility index (Phi) is 2.66. The van der Waals surface area contributed by atoms with Gasteiger partial charge in [-0.3, -0.25) is 0 Å². The Hall–Kier alpha value is 0.310. The molecule has 1 saturated carbocycles. The van der Waals surface area contributed by atoms with Gasteiger partial charge in [0.25, 0.3) is 0 Å². The fourth-order valence-electron chi connectivity index (χ4n) is 1.99. The summed E-state index contributed by atoms with van der Waals surface area (Å²) >= 11 is 2.16. The third kappa shape index (κ3) is 1.97. The van der Waals surface area contributed by atoms with Gasteiger partial charge in [-0.1, -0.05) is 13.8 Å². The first-order valence-corrected chi connectivity index (χ1v) is 6.17.